The first kappa shape index (κ1) is 11.8. The number of rotatable bonds is 2. The second-order valence-corrected chi connectivity index (χ2v) is 3.37. The van der Waals surface area contributed by atoms with Crippen molar-refractivity contribution < 1.29 is 18.3 Å². The number of hydrogen-bond acceptors (Lipinski definition) is 3. The van der Waals surface area contributed by atoms with Gasteiger partial charge in [0.05, 0.1) is 11.7 Å². The van der Waals surface area contributed by atoms with Gasteiger partial charge in [-0.1, -0.05) is 0 Å². The molecule has 0 bridgehead atoms. The molecule has 1 N–H and O–H groups in total. The number of aromatic amines is 1. The third kappa shape index (κ3) is 2.41. The fourth-order valence-corrected chi connectivity index (χ4v) is 1.41. The summed E-state index contributed by atoms with van der Waals surface area (Å²) in [6.07, 6.45) is -2.79. The highest BCUT2D eigenvalue weighted by Crippen LogP contribution is 2.25. The lowest BCUT2D eigenvalue weighted by Crippen LogP contribution is -2.20. The maximum Gasteiger partial charge on any atom is 0.343 e. The number of carbonyl (C=O) groups excluding carboxylic acids is 1. The van der Waals surface area contributed by atoms with E-state index < -0.39 is 29.1 Å². The third-order valence-corrected chi connectivity index (χ3v) is 2.32. The number of halogens is 3. The number of nitrogens with one attached hydrogen (secondary N) is 1. The Balaban J connectivity index is 3.36. The number of H-pyrrole nitrogens is 1. The van der Waals surface area contributed by atoms with Crippen molar-refractivity contribution in [3.8, 4) is 0 Å². The maximum atomic E-state index is 12.4. The minimum absolute atomic E-state index is 0.143. The molecule has 0 aliphatic rings. The minimum atomic E-state index is -2.79. The van der Waals surface area contributed by atoms with Crippen LogP contribution < -0.4 is 5.56 Å². The van der Waals surface area contributed by atoms with Crippen molar-refractivity contribution in [1.29, 1.82) is 0 Å². The zero-order valence-electron chi connectivity index (χ0n) is 7.51. The Bertz CT molecular complexity index is 444. The van der Waals surface area contributed by atoms with E-state index in [2.05, 4.69) is 25.7 Å². The van der Waals surface area contributed by atoms with Crippen molar-refractivity contribution in [2.24, 2.45) is 0 Å². The normalized spacial score (nSPS) is 10.5. The average Bonchev–Trinajstić information content (AvgIpc) is 2.16. The molecule has 1 aromatic heterocycles. The van der Waals surface area contributed by atoms with E-state index in [9.17, 15) is 18.4 Å². The SMILES string of the molecule is COC(=O)c1cc(C(F)F)c(Br)[nH]c1=O. The summed E-state index contributed by atoms with van der Waals surface area (Å²) in [6.45, 7) is 0. The molecule has 1 rings (SSSR count). The van der Waals surface area contributed by atoms with Gasteiger partial charge in [-0.2, -0.15) is 0 Å². The molecule has 0 fully saturated rings. The zero-order chi connectivity index (χ0) is 11.6. The Morgan fingerprint density at radius 3 is 2.67 bits per heavy atom. The molecule has 0 aliphatic carbocycles. The van der Waals surface area contributed by atoms with Gasteiger partial charge in [-0.15, -0.1) is 0 Å². The molecule has 1 heterocycles. The van der Waals surface area contributed by atoms with E-state index in [1.165, 1.54) is 0 Å². The second-order valence-electron chi connectivity index (χ2n) is 2.57. The van der Waals surface area contributed by atoms with Crippen LogP contribution in [-0.4, -0.2) is 18.1 Å². The zero-order valence-corrected chi connectivity index (χ0v) is 9.10. The highest BCUT2D eigenvalue weighted by Gasteiger charge is 2.19. The molecule has 0 saturated carbocycles. The highest BCUT2D eigenvalue weighted by molar-refractivity contribution is 9.10. The van der Waals surface area contributed by atoms with Gasteiger partial charge in [0.25, 0.3) is 12.0 Å². The van der Waals surface area contributed by atoms with Crippen LogP contribution >= 0.6 is 15.9 Å². The van der Waals surface area contributed by atoms with Gasteiger partial charge in [0.15, 0.2) is 0 Å². The van der Waals surface area contributed by atoms with E-state index in [-0.39, 0.29) is 4.60 Å². The van der Waals surface area contributed by atoms with Gasteiger partial charge < -0.3 is 9.72 Å². The number of methoxy groups -OCH3 is 1. The Morgan fingerprint density at radius 2 is 2.20 bits per heavy atom. The summed E-state index contributed by atoms with van der Waals surface area (Å²) in [4.78, 5) is 24.3. The van der Waals surface area contributed by atoms with Crippen LogP contribution in [-0.2, 0) is 4.74 Å². The van der Waals surface area contributed by atoms with E-state index in [4.69, 9.17) is 0 Å². The van der Waals surface area contributed by atoms with Gasteiger partial charge in [-0.3, -0.25) is 4.79 Å². The monoisotopic (exact) mass is 281 g/mol. The predicted molar refractivity (Wildman–Crippen MR) is 51.1 cm³/mol. The van der Waals surface area contributed by atoms with Crippen molar-refractivity contribution in [3.05, 3.63) is 32.2 Å². The van der Waals surface area contributed by atoms with Crippen molar-refractivity contribution >= 4 is 21.9 Å². The van der Waals surface area contributed by atoms with Crippen LogP contribution in [0.4, 0.5) is 8.78 Å². The second kappa shape index (κ2) is 4.52. The molecular weight excluding hydrogens is 276 g/mol. The Labute approximate surface area is 91.4 Å². The summed E-state index contributed by atoms with van der Waals surface area (Å²) in [7, 11) is 1.06. The predicted octanol–water partition coefficient (Wildman–Crippen LogP) is 1.86. The topological polar surface area (TPSA) is 59.2 Å². The molecule has 15 heavy (non-hydrogen) atoms. The molecule has 0 spiro atoms. The van der Waals surface area contributed by atoms with Crippen LogP contribution in [0.5, 0.6) is 0 Å². The van der Waals surface area contributed by atoms with Crippen LogP contribution in [0.3, 0.4) is 0 Å². The first-order valence-corrected chi connectivity index (χ1v) is 4.56. The van der Waals surface area contributed by atoms with Crippen molar-refractivity contribution in [1.82, 2.24) is 4.98 Å². The van der Waals surface area contributed by atoms with E-state index >= 15 is 0 Å². The number of pyridine rings is 1. The third-order valence-electron chi connectivity index (χ3n) is 1.66. The van der Waals surface area contributed by atoms with Crippen LogP contribution in [0.15, 0.2) is 15.5 Å². The summed E-state index contributed by atoms with van der Waals surface area (Å²) < 4.78 is 28.9. The van der Waals surface area contributed by atoms with Gasteiger partial charge in [0.1, 0.15) is 5.56 Å². The molecule has 4 nitrogen and oxygen atoms in total. The largest absolute Gasteiger partial charge is 0.465 e. The molecule has 0 amide bonds. The molecule has 7 heteroatoms. The molecule has 1 aromatic rings. The van der Waals surface area contributed by atoms with Crippen LogP contribution in [0, 0.1) is 0 Å². The van der Waals surface area contributed by atoms with Gasteiger partial charge in [-0.05, 0) is 22.0 Å². The first-order valence-electron chi connectivity index (χ1n) is 3.76. The van der Waals surface area contributed by atoms with Crippen molar-refractivity contribution in [3.63, 3.8) is 0 Å². The molecular formula is C8H6BrF2NO3. The fourth-order valence-electron chi connectivity index (χ4n) is 0.944. The lowest BCUT2D eigenvalue weighted by molar-refractivity contribution is 0.0598. The average molecular weight is 282 g/mol. The summed E-state index contributed by atoms with van der Waals surface area (Å²) >= 11 is 2.77. The highest BCUT2D eigenvalue weighted by atomic mass is 79.9. The van der Waals surface area contributed by atoms with Crippen molar-refractivity contribution in [2.45, 2.75) is 6.43 Å². The Kier molecular flexibility index (Phi) is 3.57. The minimum Gasteiger partial charge on any atom is -0.465 e. The number of aromatic nitrogens is 1. The lowest BCUT2D eigenvalue weighted by atomic mass is 10.2. The quantitative estimate of drug-likeness (QED) is 0.665. The fraction of sp³-hybridized carbons (Fsp3) is 0.250. The van der Waals surface area contributed by atoms with Gasteiger partial charge >= 0.3 is 5.97 Å². The first-order chi connectivity index (χ1) is 6.97. The Hall–Kier alpha value is -1.24. The summed E-state index contributed by atoms with van der Waals surface area (Å²) in [6, 6.07) is 0.805. The van der Waals surface area contributed by atoms with E-state index in [0.717, 1.165) is 13.2 Å². The number of carbonyl (C=O) groups is 1. The molecule has 82 valence electrons. The summed E-state index contributed by atoms with van der Waals surface area (Å²) in [5.41, 5.74) is -1.69. The lowest BCUT2D eigenvalue weighted by Gasteiger charge is -2.04. The van der Waals surface area contributed by atoms with Crippen LogP contribution in [0.1, 0.15) is 22.3 Å². The van der Waals surface area contributed by atoms with E-state index in [1.54, 1.807) is 0 Å². The summed E-state index contributed by atoms with van der Waals surface area (Å²) in [5.74, 6) is -0.953. The van der Waals surface area contributed by atoms with E-state index in [1.807, 2.05) is 0 Å². The molecule has 0 unspecified atom stereocenters. The summed E-state index contributed by atoms with van der Waals surface area (Å²) in [5, 5.41) is 0. The van der Waals surface area contributed by atoms with E-state index in [0.29, 0.717) is 0 Å². The molecule has 0 aliphatic heterocycles. The number of alkyl halides is 2. The molecule has 0 aromatic carbocycles. The van der Waals surface area contributed by atoms with Crippen LogP contribution in [0.25, 0.3) is 0 Å². The van der Waals surface area contributed by atoms with Crippen LogP contribution in [0.2, 0.25) is 0 Å². The molecule has 0 atom stereocenters. The number of ether oxygens (including phenoxy) is 1. The Morgan fingerprint density at radius 1 is 1.60 bits per heavy atom. The number of esters is 1. The van der Waals surface area contributed by atoms with Gasteiger partial charge in [-0.25, -0.2) is 13.6 Å². The number of hydrogen-bond donors (Lipinski definition) is 1. The molecule has 0 radical (unpaired) electrons. The van der Waals surface area contributed by atoms with Crippen molar-refractivity contribution in [2.75, 3.05) is 7.11 Å². The standard InChI is InChI=1S/C8H6BrF2NO3/c1-15-8(14)4-2-3(6(10)11)5(9)12-7(4)13/h2,6H,1H3,(H,12,13). The smallest absolute Gasteiger partial charge is 0.343 e. The molecule has 0 saturated heterocycles. The van der Waals surface area contributed by atoms with Gasteiger partial charge in [0.2, 0.25) is 0 Å². The maximum absolute atomic E-state index is 12.4. The van der Waals surface area contributed by atoms with Gasteiger partial charge in [0, 0.05) is 5.56 Å².